The SMILES string of the molecule is CCC[C@@H]1COC[C@H](C2(OC(=O)N3CC4CCC(C3)N4CCO)CC2)N1S(=O)(=O)c1ccc(Cl)cc1. The summed E-state index contributed by atoms with van der Waals surface area (Å²) < 4.78 is 41.4. The molecule has 2 bridgehead atoms. The number of halogens is 1. The molecule has 2 unspecified atom stereocenters. The van der Waals surface area contributed by atoms with Crippen molar-refractivity contribution in [2.45, 2.75) is 80.1 Å². The normalized spacial score (nSPS) is 30.4. The fraction of sp³-hybridized carbons (Fsp3) is 0.720. The number of sulfonamides is 1. The fourth-order valence-electron chi connectivity index (χ4n) is 6.22. The number of morpholine rings is 1. The third kappa shape index (κ3) is 4.88. The second kappa shape index (κ2) is 10.4. The first kappa shape index (κ1) is 26.2. The van der Waals surface area contributed by atoms with E-state index in [9.17, 15) is 18.3 Å². The van der Waals surface area contributed by atoms with E-state index in [4.69, 9.17) is 21.1 Å². The molecular weight excluding hydrogens is 506 g/mol. The average Bonchev–Trinajstić information content (AvgIpc) is 3.60. The Hall–Kier alpha value is -1.43. The first-order valence-corrected chi connectivity index (χ1v) is 14.8. The number of hydrogen-bond acceptors (Lipinski definition) is 7. The van der Waals surface area contributed by atoms with Gasteiger partial charge in [-0.15, -0.1) is 0 Å². The molecule has 1 aromatic carbocycles. The largest absolute Gasteiger partial charge is 0.441 e. The molecule has 3 heterocycles. The predicted molar refractivity (Wildman–Crippen MR) is 134 cm³/mol. The quantitative estimate of drug-likeness (QED) is 0.540. The highest BCUT2D eigenvalue weighted by Crippen LogP contribution is 2.48. The van der Waals surface area contributed by atoms with Gasteiger partial charge < -0.3 is 19.5 Å². The summed E-state index contributed by atoms with van der Waals surface area (Å²) in [6.45, 7) is 4.40. The van der Waals surface area contributed by atoms with Crippen LogP contribution in [0.2, 0.25) is 5.02 Å². The number of carbonyl (C=O) groups is 1. The number of ether oxygens (including phenoxy) is 2. The van der Waals surface area contributed by atoms with Gasteiger partial charge in [0.05, 0.1) is 30.8 Å². The number of rotatable bonds is 8. The summed E-state index contributed by atoms with van der Waals surface area (Å²) in [5.41, 5.74) is -0.885. The van der Waals surface area contributed by atoms with Crippen molar-refractivity contribution in [1.29, 1.82) is 0 Å². The average molecular weight is 542 g/mol. The zero-order valence-electron chi connectivity index (χ0n) is 20.7. The van der Waals surface area contributed by atoms with Crippen LogP contribution >= 0.6 is 11.6 Å². The molecule has 1 N–H and O–H groups in total. The topological polar surface area (TPSA) is 99.6 Å². The number of carbonyl (C=O) groups excluding carboxylic acids is 1. The lowest BCUT2D eigenvalue weighted by molar-refractivity contribution is -0.0756. The van der Waals surface area contributed by atoms with Gasteiger partial charge in [0, 0.05) is 42.8 Å². The van der Waals surface area contributed by atoms with Crippen molar-refractivity contribution in [2.75, 3.05) is 39.5 Å². The third-order valence-electron chi connectivity index (χ3n) is 8.15. The Morgan fingerprint density at radius 3 is 2.42 bits per heavy atom. The molecule has 200 valence electrons. The number of likely N-dealkylation sites (tertiary alicyclic amines) is 1. The zero-order valence-corrected chi connectivity index (χ0v) is 22.3. The molecule has 3 aliphatic heterocycles. The summed E-state index contributed by atoms with van der Waals surface area (Å²) in [6, 6.07) is 5.76. The van der Waals surface area contributed by atoms with Crippen molar-refractivity contribution in [3.63, 3.8) is 0 Å². The maximum Gasteiger partial charge on any atom is 0.410 e. The minimum absolute atomic E-state index is 0.110. The Bertz CT molecular complexity index is 1030. The lowest BCUT2D eigenvalue weighted by atomic mass is 10.0. The molecule has 0 aromatic heterocycles. The van der Waals surface area contributed by atoms with Crippen molar-refractivity contribution in [2.24, 2.45) is 0 Å². The van der Waals surface area contributed by atoms with Crippen LogP contribution in [0.1, 0.15) is 45.4 Å². The molecule has 5 rings (SSSR count). The third-order valence-corrected chi connectivity index (χ3v) is 10.4. The lowest BCUT2D eigenvalue weighted by Crippen LogP contribution is -2.61. The van der Waals surface area contributed by atoms with Crippen molar-refractivity contribution in [1.82, 2.24) is 14.1 Å². The van der Waals surface area contributed by atoms with E-state index in [0.717, 1.165) is 19.3 Å². The molecule has 9 nitrogen and oxygen atoms in total. The highest BCUT2D eigenvalue weighted by Gasteiger charge is 2.60. The van der Waals surface area contributed by atoms with Crippen LogP contribution in [-0.2, 0) is 19.5 Å². The molecular formula is C25H36ClN3O6S. The van der Waals surface area contributed by atoms with Crippen LogP contribution in [0.25, 0.3) is 0 Å². The Labute approximate surface area is 218 Å². The van der Waals surface area contributed by atoms with Crippen LogP contribution < -0.4 is 0 Å². The van der Waals surface area contributed by atoms with Crippen LogP contribution in [0.4, 0.5) is 4.79 Å². The van der Waals surface area contributed by atoms with E-state index >= 15 is 0 Å². The minimum atomic E-state index is -3.86. The first-order valence-electron chi connectivity index (χ1n) is 13.0. The smallest absolute Gasteiger partial charge is 0.410 e. The Morgan fingerprint density at radius 2 is 1.83 bits per heavy atom. The minimum Gasteiger partial charge on any atom is -0.441 e. The number of piperazine rings is 1. The molecule has 1 amide bonds. The summed E-state index contributed by atoms with van der Waals surface area (Å²) in [5, 5.41) is 9.86. The molecule has 11 heteroatoms. The first-order chi connectivity index (χ1) is 17.3. The van der Waals surface area contributed by atoms with Gasteiger partial charge in [-0.05, 0) is 56.4 Å². The highest BCUT2D eigenvalue weighted by atomic mass is 35.5. The second-order valence-electron chi connectivity index (χ2n) is 10.5. The maximum absolute atomic E-state index is 13.9. The number of hydrogen-bond donors (Lipinski definition) is 1. The van der Waals surface area contributed by atoms with Gasteiger partial charge in [-0.25, -0.2) is 13.2 Å². The lowest BCUT2D eigenvalue weighted by Gasteiger charge is -2.45. The molecule has 3 saturated heterocycles. The Kier molecular flexibility index (Phi) is 7.55. The fourth-order valence-corrected chi connectivity index (χ4v) is 8.22. The van der Waals surface area contributed by atoms with Crippen LogP contribution in [-0.4, -0.2) is 103 Å². The van der Waals surface area contributed by atoms with E-state index < -0.39 is 21.7 Å². The zero-order chi connectivity index (χ0) is 25.5. The van der Waals surface area contributed by atoms with Crippen molar-refractivity contribution in [3.8, 4) is 0 Å². The monoisotopic (exact) mass is 541 g/mol. The van der Waals surface area contributed by atoms with Gasteiger partial charge in [0.1, 0.15) is 5.60 Å². The number of benzene rings is 1. The molecule has 4 aliphatic rings. The Morgan fingerprint density at radius 1 is 1.17 bits per heavy atom. The van der Waals surface area contributed by atoms with Crippen molar-refractivity contribution in [3.05, 3.63) is 29.3 Å². The number of aliphatic hydroxyl groups excluding tert-OH is 1. The van der Waals surface area contributed by atoms with Gasteiger partial charge in [-0.1, -0.05) is 24.9 Å². The predicted octanol–water partition coefficient (Wildman–Crippen LogP) is 2.71. The van der Waals surface area contributed by atoms with E-state index in [0.29, 0.717) is 50.5 Å². The number of fused-ring (bicyclic) bond motifs is 2. The summed E-state index contributed by atoms with van der Waals surface area (Å²) >= 11 is 6.01. The summed E-state index contributed by atoms with van der Waals surface area (Å²) in [5.74, 6) is 0. The summed E-state index contributed by atoms with van der Waals surface area (Å²) in [7, 11) is -3.86. The number of aliphatic hydroxyl groups is 1. The van der Waals surface area contributed by atoms with Crippen LogP contribution in [0, 0.1) is 0 Å². The van der Waals surface area contributed by atoms with Gasteiger partial charge in [0.25, 0.3) is 0 Å². The molecule has 0 spiro atoms. The van der Waals surface area contributed by atoms with Crippen LogP contribution in [0.15, 0.2) is 29.2 Å². The standard InChI is InChI=1S/C25H36ClN3O6S/c1-2-3-21-16-34-17-23(29(21)36(32,33)22-8-4-18(26)5-9-22)25(10-11-25)35-24(31)27-14-19-6-7-20(15-27)28(19)12-13-30/h4-5,8-9,19-21,23,30H,2-3,6-7,10-17H2,1H3/t19?,20?,21-,23-/m1/s1. The van der Waals surface area contributed by atoms with Crippen LogP contribution in [0.5, 0.6) is 0 Å². The Balaban J connectivity index is 1.37. The number of amides is 1. The van der Waals surface area contributed by atoms with Gasteiger partial charge in [-0.3, -0.25) is 4.90 Å². The number of nitrogens with zero attached hydrogens (tertiary/aromatic N) is 3. The molecule has 1 saturated carbocycles. The molecule has 4 fully saturated rings. The van der Waals surface area contributed by atoms with Gasteiger partial charge in [-0.2, -0.15) is 4.31 Å². The van der Waals surface area contributed by atoms with Crippen molar-refractivity contribution < 1.29 is 27.8 Å². The molecule has 1 aliphatic carbocycles. The molecule has 4 atom stereocenters. The maximum atomic E-state index is 13.9. The van der Waals surface area contributed by atoms with E-state index in [2.05, 4.69) is 4.90 Å². The molecule has 36 heavy (non-hydrogen) atoms. The second-order valence-corrected chi connectivity index (χ2v) is 12.7. The summed E-state index contributed by atoms with van der Waals surface area (Å²) in [4.78, 5) is 17.6. The van der Waals surface area contributed by atoms with Crippen LogP contribution in [0.3, 0.4) is 0 Å². The molecule has 1 aromatic rings. The van der Waals surface area contributed by atoms with Crippen molar-refractivity contribution >= 4 is 27.7 Å². The van der Waals surface area contributed by atoms with Gasteiger partial charge in [0.2, 0.25) is 10.0 Å². The molecule has 0 radical (unpaired) electrons. The highest BCUT2D eigenvalue weighted by molar-refractivity contribution is 7.89. The van der Waals surface area contributed by atoms with E-state index in [-0.39, 0.29) is 42.3 Å². The summed E-state index contributed by atoms with van der Waals surface area (Å²) in [6.07, 6.45) is 4.30. The van der Waals surface area contributed by atoms with E-state index in [1.54, 1.807) is 21.3 Å². The van der Waals surface area contributed by atoms with E-state index in [1.807, 2.05) is 6.92 Å². The van der Waals surface area contributed by atoms with Gasteiger partial charge in [0.15, 0.2) is 0 Å². The van der Waals surface area contributed by atoms with Gasteiger partial charge >= 0.3 is 6.09 Å². The van der Waals surface area contributed by atoms with E-state index in [1.165, 1.54) is 12.1 Å².